The lowest BCUT2D eigenvalue weighted by atomic mass is 9.81. The second-order valence-corrected chi connectivity index (χ2v) is 16.2. The zero-order chi connectivity index (χ0) is 38.8. The van der Waals surface area contributed by atoms with E-state index in [0.29, 0.717) is 0 Å². The Kier molecular flexibility index (Phi) is 7.91. The maximum absolute atomic E-state index is 2.41. The third-order valence-corrected chi connectivity index (χ3v) is 12.4. The van der Waals surface area contributed by atoms with Crippen LogP contribution < -0.4 is 4.90 Å². The molecule has 274 valence electrons. The molecule has 10 aromatic rings. The van der Waals surface area contributed by atoms with Crippen molar-refractivity contribution in [3.05, 3.63) is 223 Å². The van der Waals surface area contributed by atoms with E-state index in [0.717, 1.165) is 17.1 Å². The summed E-state index contributed by atoms with van der Waals surface area (Å²) in [7, 11) is 0. The minimum Gasteiger partial charge on any atom is -0.310 e. The summed E-state index contributed by atoms with van der Waals surface area (Å²) in [5.41, 5.74) is 16.0. The summed E-state index contributed by atoms with van der Waals surface area (Å²) in [6.07, 6.45) is 0. The van der Waals surface area contributed by atoms with Gasteiger partial charge in [-0.2, -0.15) is 0 Å². The average Bonchev–Trinajstić information content (AvgIpc) is 3.52. The Morgan fingerprint density at radius 1 is 0.293 bits per heavy atom. The number of nitrogens with zero attached hydrogens (tertiary/aromatic N) is 1. The minimum absolute atomic E-state index is 0.0396. The molecule has 1 aliphatic rings. The standard InChI is InChI=1S/C57H41N/c1-57(2)55-17-8-7-16-53(55)54-33-27-46(37-56(54)57)40-24-30-49(31-25-40)58(50-14-9-13-43(36-50)45-20-18-38-10-3-4-12-42(38)34-45)48-28-22-39(23-29-48)44-26-32-52-47(35-44)21-19-41-11-5-6-15-51(41)52/h3-37H,1-2H3. The average molecular weight is 740 g/mol. The van der Waals surface area contributed by atoms with Gasteiger partial charge in [0.1, 0.15) is 0 Å². The Morgan fingerprint density at radius 3 is 1.60 bits per heavy atom. The van der Waals surface area contributed by atoms with Crippen molar-refractivity contribution >= 4 is 49.4 Å². The van der Waals surface area contributed by atoms with Crippen molar-refractivity contribution in [1.82, 2.24) is 0 Å². The van der Waals surface area contributed by atoms with E-state index in [-0.39, 0.29) is 5.41 Å². The van der Waals surface area contributed by atoms with Crippen LogP contribution in [0.4, 0.5) is 17.1 Å². The van der Waals surface area contributed by atoms with Gasteiger partial charge in [-0.15, -0.1) is 0 Å². The Hall–Kier alpha value is -7.22. The van der Waals surface area contributed by atoms with Gasteiger partial charge in [0.25, 0.3) is 0 Å². The first kappa shape index (κ1) is 34.1. The Bertz CT molecular complexity index is 3190. The summed E-state index contributed by atoms with van der Waals surface area (Å²) in [5.74, 6) is 0. The molecule has 0 aromatic heterocycles. The molecule has 0 fully saturated rings. The zero-order valence-corrected chi connectivity index (χ0v) is 32.7. The second kappa shape index (κ2) is 13.5. The second-order valence-electron chi connectivity index (χ2n) is 16.2. The summed E-state index contributed by atoms with van der Waals surface area (Å²) in [4.78, 5) is 2.38. The number of hydrogen-bond donors (Lipinski definition) is 0. The van der Waals surface area contributed by atoms with E-state index in [1.807, 2.05) is 0 Å². The molecule has 0 N–H and O–H groups in total. The normalized spacial score (nSPS) is 12.8. The molecule has 1 aliphatic carbocycles. The van der Waals surface area contributed by atoms with Crippen LogP contribution in [0.1, 0.15) is 25.0 Å². The fourth-order valence-corrected chi connectivity index (χ4v) is 9.32. The lowest BCUT2D eigenvalue weighted by molar-refractivity contribution is 0.660. The van der Waals surface area contributed by atoms with Crippen LogP contribution in [0.3, 0.4) is 0 Å². The van der Waals surface area contributed by atoms with Gasteiger partial charge in [0.15, 0.2) is 0 Å². The van der Waals surface area contributed by atoms with Crippen LogP contribution in [-0.4, -0.2) is 0 Å². The van der Waals surface area contributed by atoms with E-state index >= 15 is 0 Å². The molecular weight excluding hydrogens is 699 g/mol. The van der Waals surface area contributed by atoms with Crippen molar-refractivity contribution in [3.8, 4) is 44.5 Å². The Labute approximate surface area is 340 Å². The molecule has 1 nitrogen and oxygen atoms in total. The molecule has 0 saturated carbocycles. The fraction of sp³-hybridized carbons (Fsp3) is 0.0526. The highest BCUT2D eigenvalue weighted by Gasteiger charge is 2.35. The first-order valence-corrected chi connectivity index (χ1v) is 20.2. The molecule has 0 saturated heterocycles. The highest BCUT2D eigenvalue weighted by Crippen LogP contribution is 2.49. The largest absolute Gasteiger partial charge is 0.310 e. The van der Waals surface area contributed by atoms with Crippen LogP contribution in [0.2, 0.25) is 0 Å². The molecule has 11 rings (SSSR count). The highest BCUT2D eigenvalue weighted by atomic mass is 15.1. The molecular formula is C57H41N. The molecule has 0 aliphatic heterocycles. The van der Waals surface area contributed by atoms with E-state index in [4.69, 9.17) is 0 Å². The maximum Gasteiger partial charge on any atom is 0.0467 e. The quantitative estimate of drug-likeness (QED) is 0.154. The predicted molar refractivity (Wildman–Crippen MR) is 248 cm³/mol. The molecule has 0 unspecified atom stereocenters. The molecule has 0 radical (unpaired) electrons. The van der Waals surface area contributed by atoms with Gasteiger partial charge in [0.2, 0.25) is 0 Å². The van der Waals surface area contributed by atoms with Crippen molar-refractivity contribution in [2.24, 2.45) is 0 Å². The molecule has 1 heteroatoms. The Morgan fingerprint density at radius 2 is 0.810 bits per heavy atom. The van der Waals surface area contributed by atoms with Gasteiger partial charge < -0.3 is 4.90 Å². The molecule has 10 aromatic carbocycles. The first-order valence-electron chi connectivity index (χ1n) is 20.2. The van der Waals surface area contributed by atoms with Gasteiger partial charge in [-0.05, 0) is 143 Å². The summed E-state index contributed by atoms with van der Waals surface area (Å²) < 4.78 is 0. The van der Waals surface area contributed by atoms with Crippen LogP contribution in [-0.2, 0) is 5.41 Å². The van der Waals surface area contributed by atoms with Crippen molar-refractivity contribution < 1.29 is 0 Å². The fourth-order valence-electron chi connectivity index (χ4n) is 9.32. The van der Waals surface area contributed by atoms with E-state index in [9.17, 15) is 0 Å². The van der Waals surface area contributed by atoms with E-state index in [2.05, 4.69) is 231 Å². The summed E-state index contributed by atoms with van der Waals surface area (Å²) >= 11 is 0. The van der Waals surface area contributed by atoms with Gasteiger partial charge in [-0.25, -0.2) is 0 Å². The van der Waals surface area contributed by atoms with E-state index in [1.165, 1.54) is 88.0 Å². The van der Waals surface area contributed by atoms with Crippen molar-refractivity contribution in [2.45, 2.75) is 19.3 Å². The molecule has 0 heterocycles. The first-order chi connectivity index (χ1) is 28.5. The summed E-state index contributed by atoms with van der Waals surface area (Å²) in [5, 5.41) is 7.60. The highest BCUT2D eigenvalue weighted by molar-refractivity contribution is 6.08. The third-order valence-electron chi connectivity index (χ3n) is 12.4. The van der Waals surface area contributed by atoms with Gasteiger partial charge in [-0.3, -0.25) is 0 Å². The molecule has 0 amide bonds. The van der Waals surface area contributed by atoms with E-state index in [1.54, 1.807) is 0 Å². The third kappa shape index (κ3) is 5.70. The van der Waals surface area contributed by atoms with Gasteiger partial charge in [-0.1, -0.05) is 172 Å². The summed E-state index contributed by atoms with van der Waals surface area (Å²) in [6, 6.07) is 78.2. The van der Waals surface area contributed by atoms with Crippen LogP contribution in [0.25, 0.3) is 76.8 Å². The van der Waals surface area contributed by atoms with Crippen molar-refractivity contribution in [3.63, 3.8) is 0 Å². The molecule has 0 spiro atoms. The maximum atomic E-state index is 2.41. The number of fused-ring (bicyclic) bond motifs is 7. The van der Waals surface area contributed by atoms with Gasteiger partial charge in [0.05, 0.1) is 0 Å². The number of benzene rings is 10. The zero-order valence-electron chi connectivity index (χ0n) is 32.7. The van der Waals surface area contributed by atoms with Crippen LogP contribution in [0, 0.1) is 0 Å². The van der Waals surface area contributed by atoms with Gasteiger partial charge in [0, 0.05) is 22.5 Å². The van der Waals surface area contributed by atoms with Crippen LogP contribution >= 0.6 is 0 Å². The minimum atomic E-state index is -0.0396. The lowest BCUT2D eigenvalue weighted by Gasteiger charge is -2.26. The van der Waals surface area contributed by atoms with Crippen molar-refractivity contribution in [1.29, 1.82) is 0 Å². The van der Waals surface area contributed by atoms with Crippen molar-refractivity contribution in [2.75, 3.05) is 4.90 Å². The van der Waals surface area contributed by atoms with Crippen LogP contribution in [0.15, 0.2) is 212 Å². The van der Waals surface area contributed by atoms with Crippen LogP contribution in [0.5, 0.6) is 0 Å². The Balaban J connectivity index is 0.977. The number of rotatable bonds is 6. The monoisotopic (exact) mass is 739 g/mol. The lowest BCUT2D eigenvalue weighted by Crippen LogP contribution is -2.14. The molecule has 0 atom stereocenters. The topological polar surface area (TPSA) is 3.24 Å². The van der Waals surface area contributed by atoms with Gasteiger partial charge >= 0.3 is 0 Å². The number of hydrogen-bond acceptors (Lipinski definition) is 1. The molecule has 58 heavy (non-hydrogen) atoms. The van der Waals surface area contributed by atoms with E-state index < -0.39 is 0 Å². The molecule has 0 bridgehead atoms. The SMILES string of the molecule is CC1(C)c2ccccc2-c2ccc(-c3ccc(N(c4ccc(-c5ccc6c(ccc7ccccc76)c5)cc4)c4cccc(-c5ccc6ccccc6c5)c4)cc3)cc21. The summed E-state index contributed by atoms with van der Waals surface area (Å²) in [6.45, 7) is 4.70. The number of anilines is 3. The predicted octanol–water partition coefficient (Wildman–Crippen LogP) is 15.9. The smallest absolute Gasteiger partial charge is 0.0467 e.